The number of aryl methyl sites for hydroxylation is 1. The zero-order valence-corrected chi connectivity index (χ0v) is 12.9. The normalized spacial score (nSPS) is 11.9. The van der Waals surface area contributed by atoms with Gasteiger partial charge in [-0.05, 0) is 25.5 Å². The van der Waals surface area contributed by atoms with E-state index in [0.29, 0.717) is 11.7 Å². The molecule has 0 saturated heterocycles. The Morgan fingerprint density at radius 2 is 2.29 bits per heavy atom. The van der Waals surface area contributed by atoms with Crippen LogP contribution in [0.4, 0.5) is 5.69 Å². The number of benzene rings is 1. The van der Waals surface area contributed by atoms with Crippen molar-refractivity contribution in [2.75, 3.05) is 5.32 Å². The fraction of sp³-hybridized carbons (Fsp3) is 0.267. The van der Waals surface area contributed by atoms with Gasteiger partial charge in [-0.25, -0.2) is 0 Å². The molecule has 1 N–H and O–H groups in total. The number of para-hydroxylation sites is 1. The molecule has 2 rings (SSSR count). The van der Waals surface area contributed by atoms with E-state index < -0.39 is 0 Å². The van der Waals surface area contributed by atoms with Crippen LogP contribution in [-0.4, -0.2) is 25.9 Å². The smallest absolute Gasteiger partial charge is 0.237 e. The van der Waals surface area contributed by atoms with Crippen molar-refractivity contribution in [3.05, 3.63) is 48.8 Å². The molecule has 0 saturated carbocycles. The SMILES string of the molecule is C=CCn1cnnc1S[C@H](C)C(=O)Nc1ccccc1C. The Kier molecular flexibility index (Phi) is 5.16. The van der Waals surface area contributed by atoms with E-state index in [1.807, 2.05) is 42.7 Å². The van der Waals surface area contributed by atoms with Crippen molar-refractivity contribution in [2.24, 2.45) is 0 Å². The van der Waals surface area contributed by atoms with Crippen LogP contribution < -0.4 is 5.32 Å². The summed E-state index contributed by atoms with van der Waals surface area (Å²) in [6.07, 6.45) is 3.40. The van der Waals surface area contributed by atoms with Crippen LogP contribution in [0.15, 0.2) is 48.4 Å². The van der Waals surface area contributed by atoms with Gasteiger partial charge in [0.15, 0.2) is 5.16 Å². The lowest BCUT2D eigenvalue weighted by atomic mass is 10.2. The number of rotatable bonds is 6. The Bertz CT molecular complexity index is 638. The molecule has 0 unspecified atom stereocenters. The molecule has 0 radical (unpaired) electrons. The van der Waals surface area contributed by atoms with Crippen molar-refractivity contribution in [2.45, 2.75) is 30.8 Å². The fourth-order valence-corrected chi connectivity index (χ4v) is 2.59. The van der Waals surface area contributed by atoms with Crippen molar-refractivity contribution in [1.82, 2.24) is 14.8 Å². The highest BCUT2D eigenvalue weighted by atomic mass is 32.2. The highest BCUT2D eigenvalue weighted by molar-refractivity contribution is 8.00. The third-order valence-electron chi connectivity index (χ3n) is 2.96. The van der Waals surface area contributed by atoms with Gasteiger partial charge in [-0.1, -0.05) is 36.0 Å². The van der Waals surface area contributed by atoms with Crippen LogP contribution in [0.3, 0.4) is 0 Å². The average Bonchev–Trinajstić information content (AvgIpc) is 2.89. The maximum Gasteiger partial charge on any atom is 0.237 e. The Balaban J connectivity index is 2.01. The Morgan fingerprint density at radius 3 is 3.00 bits per heavy atom. The van der Waals surface area contributed by atoms with Crippen molar-refractivity contribution in [3.8, 4) is 0 Å². The number of carbonyl (C=O) groups is 1. The quantitative estimate of drug-likeness (QED) is 0.658. The van der Waals surface area contributed by atoms with Gasteiger partial charge in [0, 0.05) is 12.2 Å². The highest BCUT2D eigenvalue weighted by Crippen LogP contribution is 2.23. The molecule has 1 amide bonds. The molecule has 0 aliphatic carbocycles. The molecule has 5 nitrogen and oxygen atoms in total. The molecular weight excluding hydrogens is 284 g/mol. The zero-order valence-electron chi connectivity index (χ0n) is 12.1. The Morgan fingerprint density at radius 1 is 1.52 bits per heavy atom. The van der Waals surface area contributed by atoms with Gasteiger partial charge in [-0.15, -0.1) is 16.8 Å². The lowest BCUT2D eigenvalue weighted by Crippen LogP contribution is -2.23. The summed E-state index contributed by atoms with van der Waals surface area (Å²) in [5, 5.41) is 11.3. The van der Waals surface area contributed by atoms with Crippen molar-refractivity contribution >= 4 is 23.4 Å². The molecule has 1 atom stereocenters. The summed E-state index contributed by atoms with van der Waals surface area (Å²) in [6, 6.07) is 7.71. The van der Waals surface area contributed by atoms with Crippen LogP contribution in [0.25, 0.3) is 0 Å². The van der Waals surface area contributed by atoms with Gasteiger partial charge in [-0.3, -0.25) is 4.79 Å². The van der Waals surface area contributed by atoms with Crippen LogP contribution in [0.5, 0.6) is 0 Å². The summed E-state index contributed by atoms with van der Waals surface area (Å²) in [6.45, 7) is 8.14. The monoisotopic (exact) mass is 302 g/mol. The number of nitrogens with one attached hydrogen (secondary N) is 1. The molecule has 0 bridgehead atoms. The summed E-state index contributed by atoms with van der Waals surface area (Å²) in [7, 11) is 0. The number of anilines is 1. The molecule has 1 aromatic heterocycles. The third kappa shape index (κ3) is 3.95. The number of hydrogen-bond acceptors (Lipinski definition) is 4. The molecule has 21 heavy (non-hydrogen) atoms. The first-order valence-electron chi connectivity index (χ1n) is 6.63. The molecule has 6 heteroatoms. The van der Waals surface area contributed by atoms with Crippen LogP contribution >= 0.6 is 11.8 Å². The predicted octanol–water partition coefficient (Wildman–Crippen LogP) is 2.89. The summed E-state index contributed by atoms with van der Waals surface area (Å²) in [4.78, 5) is 12.3. The van der Waals surface area contributed by atoms with Gasteiger partial charge in [0.2, 0.25) is 5.91 Å². The molecule has 0 aliphatic rings. The van der Waals surface area contributed by atoms with Crippen LogP contribution in [0.2, 0.25) is 0 Å². The number of thioether (sulfide) groups is 1. The minimum Gasteiger partial charge on any atom is -0.325 e. The van der Waals surface area contributed by atoms with Crippen molar-refractivity contribution in [1.29, 1.82) is 0 Å². The van der Waals surface area contributed by atoms with E-state index in [-0.39, 0.29) is 11.2 Å². The minimum absolute atomic E-state index is 0.0533. The average molecular weight is 302 g/mol. The predicted molar refractivity (Wildman–Crippen MR) is 85.3 cm³/mol. The van der Waals surface area contributed by atoms with Gasteiger partial charge >= 0.3 is 0 Å². The number of hydrogen-bond donors (Lipinski definition) is 1. The number of aromatic nitrogens is 3. The van der Waals surface area contributed by atoms with E-state index in [9.17, 15) is 4.79 Å². The first-order valence-corrected chi connectivity index (χ1v) is 7.51. The van der Waals surface area contributed by atoms with E-state index in [2.05, 4.69) is 22.1 Å². The standard InChI is InChI=1S/C15H18N4OS/c1-4-9-19-10-16-18-15(19)21-12(3)14(20)17-13-8-6-5-7-11(13)2/h4-8,10,12H,1,9H2,2-3H3,(H,17,20)/t12-/m1/s1. The topological polar surface area (TPSA) is 59.8 Å². The first-order chi connectivity index (χ1) is 10.1. The minimum atomic E-state index is -0.266. The number of nitrogens with zero attached hydrogens (tertiary/aromatic N) is 3. The zero-order chi connectivity index (χ0) is 15.2. The van der Waals surface area contributed by atoms with E-state index in [1.54, 1.807) is 12.4 Å². The highest BCUT2D eigenvalue weighted by Gasteiger charge is 2.18. The fourth-order valence-electron chi connectivity index (χ4n) is 1.76. The molecular formula is C15H18N4OS. The molecule has 0 fully saturated rings. The second-order valence-electron chi connectivity index (χ2n) is 4.62. The number of allylic oxidation sites excluding steroid dienone is 1. The third-order valence-corrected chi connectivity index (χ3v) is 4.05. The van der Waals surface area contributed by atoms with Crippen LogP contribution in [0.1, 0.15) is 12.5 Å². The largest absolute Gasteiger partial charge is 0.325 e. The lowest BCUT2D eigenvalue weighted by Gasteiger charge is -2.13. The summed E-state index contributed by atoms with van der Waals surface area (Å²) in [5.74, 6) is -0.0533. The Labute approximate surface area is 128 Å². The number of carbonyl (C=O) groups excluding carboxylic acids is 1. The molecule has 1 aromatic carbocycles. The van der Waals surface area contributed by atoms with E-state index in [0.717, 1.165) is 11.3 Å². The van der Waals surface area contributed by atoms with E-state index >= 15 is 0 Å². The van der Waals surface area contributed by atoms with Gasteiger partial charge in [-0.2, -0.15) is 0 Å². The van der Waals surface area contributed by atoms with Gasteiger partial charge in [0.05, 0.1) is 5.25 Å². The molecule has 0 spiro atoms. The van der Waals surface area contributed by atoms with Gasteiger partial charge < -0.3 is 9.88 Å². The van der Waals surface area contributed by atoms with Crippen molar-refractivity contribution < 1.29 is 4.79 Å². The molecule has 1 heterocycles. The van der Waals surface area contributed by atoms with Crippen LogP contribution in [-0.2, 0) is 11.3 Å². The second-order valence-corrected chi connectivity index (χ2v) is 5.93. The lowest BCUT2D eigenvalue weighted by molar-refractivity contribution is -0.115. The van der Waals surface area contributed by atoms with Crippen LogP contribution in [0, 0.1) is 6.92 Å². The first kappa shape index (κ1) is 15.3. The molecule has 0 aliphatic heterocycles. The van der Waals surface area contributed by atoms with E-state index in [4.69, 9.17) is 0 Å². The Hall–Kier alpha value is -2.08. The summed E-state index contributed by atoms with van der Waals surface area (Å²) >= 11 is 1.38. The molecule has 110 valence electrons. The maximum atomic E-state index is 12.3. The summed E-state index contributed by atoms with van der Waals surface area (Å²) < 4.78 is 1.86. The van der Waals surface area contributed by atoms with Gasteiger partial charge in [0.25, 0.3) is 0 Å². The second kappa shape index (κ2) is 7.08. The van der Waals surface area contributed by atoms with E-state index in [1.165, 1.54) is 11.8 Å². The maximum absolute atomic E-state index is 12.3. The molecule has 2 aromatic rings. The van der Waals surface area contributed by atoms with Gasteiger partial charge in [0.1, 0.15) is 6.33 Å². The number of amides is 1. The summed E-state index contributed by atoms with van der Waals surface area (Å²) in [5.41, 5.74) is 1.88. The van der Waals surface area contributed by atoms with Crippen molar-refractivity contribution in [3.63, 3.8) is 0 Å².